The number of tetrazole rings is 1. The van der Waals surface area contributed by atoms with Crippen LogP contribution in [0.15, 0.2) is 29.1 Å². The normalized spacial score (nSPS) is 19.9. The highest BCUT2D eigenvalue weighted by Gasteiger charge is 2.25. The molecule has 2 aliphatic rings. The summed E-state index contributed by atoms with van der Waals surface area (Å²) in [5.74, 6) is 0.878. The molecule has 1 aliphatic carbocycles. The van der Waals surface area contributed by atoms with E-state index in [0.29, 0.717) is 19.1 Å². The molecule has 1 saturated carbocycles. The van der Waals surface area contributed by atoms with Gasteiger partial charge in [0.1, 0.15) is 0 Å². The molecular formula is C24H32N6O2. The van der Waals surface area contributed by atoms with Gasteiger partial charge in [-0.25, -0.2) is 4.68 Å². The van der Waals surface area contributed by atoms with Crippen molar-refractivity contribution >= 4 is 10.9 Å². The average molecular weight is 437 g/mol. The molecular weight excluding hydrogens is 404 g/mol. The van der Waals surface area contributed by atoms with Crippen molar-refractivity contribution in [1.29, 1.82) is 0 Å². The summed E-state index contributed by atoms with van der Waals surface area (Å²) in [4.78, 5) is 18.3. The van der Waals surface area contributed by atoms with Crippen LogP contribution in [0.2, 0.25) is 0 Å². The summed E-state index contributed by atoms with van der Waals surface area (Å²) in [6.07, 6.45) is 8.36. The van der Waals surface area contributed by atoms with E-state index >= 15 is 0 Å². The first-order chi connectivity index (χ1) is 15.7. The van der Waals surface area contributed by atoms with E-state index < -0.39 is 0 Å². The molecule has 0 radical (unpaired) electrons. The molecule has 1 aliphatic heterocycles. The van der Waals surface area contributed by atoms with Crippen LogP contribution in [-0.2, 0) is 17.8 Å². The molecule has 32 heavy (non-hydrogen) atoms. The summed E-state index contributed by atoms with van der Waals surface area (Å²) in [5.41, 5.74) is 2.72. The lowest BCUT2D eigenvalue weighted by atomic mass is 9.95. The summed E-state index contributed by atoms with van der Waals surface area (Å²) in [6, 6.07) is 8.50. The number of aryl methyl sites for hydroxylation is 1. The fraction of sp³-hybridized carbons (Fsp3) is 0.583. The van der Waals surface area contributed by atoms with E-state index in [2.05, 4.69) is 31.5 Å². The van der Waals surface area contributed by atoms with Gasteiger partial charge in [0.05, 0.1) is 24.2 Å². The van der Waals surface area contributed by atoms with Gasteiger partial charge in [-0.05, 0) is 60.0 Å². The maximum Gasteiger partial charge on any atom is 0.252 e. The highest BCUT2D eigenvalue weighted by molar-refractivity contribution is 5.81. The maximum atomic E-state index is 12.9. The van der Waals surface area contributed by atoms with Gasteiger partial charge in [0, 0.05) is 25.3 Å². The van der Waals surface area contributed by atoms with Crippen LogP contribution in [0.1, 0.15) is 67.9 Å². The van der Waals surface area contributed by atoms with Gasteiger partial charge >= 0.3 is 0 Å². The topological polar surface area (TPSA) is 88.9 Å². The van der Waals surface area contributed by atoms with E-state index in [4.69, 9.17) is 4.74 Å². The predicted molar refractivity (Wildman–Crippen MR) is 122 cm³/mol. The van der Waals surface area contributed by atoms with Gasteiger partial charge in [-0.1, -0.05) is 37.5 Å². The smallest absolute Gasteiger partial charge is 0.252 e. The van der Waals surface area contributed by atoms with Crippen LogP contribution in [0.5, 0.6) is 0 Å². The summed E-state index contributed by atoms with van der Waals surface area (Å²) in [6.45, 7) is 4.75. The van der Waals surface area contributed by atoms with Gasteiger partial charge in [0.15, 0.2) is 5.82 Å². The molecule has 5 rings (SSSR count). The van der Waals surface area contributed by atoms with Gasteiger partial charge in [-0.15, -0.1) is 5.10 Å². The number of H-pyrrole nitrogens is 1. The Labute approximate surface area is 188 Å². The van der Waals surface area contributed by atoms with Crippen molar-refractivity contribution < 1.29 is 4.74 Å². The molecule has 2 aromatic heterocycles. The average Bonchev–Trinajstić information content (AvgIpc) is 3.48. The van der Waals surface area contributed by atoms with Crippen molar-refractivity contribution in [2.75, 3.05) is 13.2 Å². The molecule has 0 bridgehead atoms. The Morgan fingerprint density at radius 2 is 2.03 bits per heavy atom. The Bertz CT molecular complexity index is 1110. The van der Waals surface area contributed by atoms with E-state index in [-0.39, 0.29) is 11.7 Å². The third-order valence-electron chi connectivity index (χ3n) is 6.89. The van der Waals surface area contributed by atoms with Gasteiger partial charge in [0.2, 0.25) is 0 Å². The van der Waals surface area contributed by atoms with Crippen molar-refractivity contribution in [2.45, 2.75) is 77.1 Å². The SMILES string of the molecule is Cc1cccc2cc(CN(Cc3nnnn3C3CCCCC3)CC3CCCO3)c(=O)[nH]c12. The number of aromatic amines is 1. The second kappa shape index (κ2) is 9.50. The number of fused-ring (bicyclic) bond motifs is 1. The summed E-state index contributed by atoms with van der Waals surface area (Å²) in [7, 11) is 0. The summed E-state index contributed by atoms with van der Waals surface area (Å²) < 4.78 is 7.94. The first-order valence-corrected chi connectivity index (χ1v) is 11.9. The number of pyridine rings is 1. The fourth-order valence-corrected chi connectivity index (χ4v) is 5.17. The standard InChI is InChI=1S/C24H32N6O2/c1-17-7-5-8-18-13-19(24(31)25-23(17)18)14-29(15-21-11-6-12-32-21)16-22-26-27-28-30(22)20-9-3-2-4-10-20/h5,7-8,13,20-21H,2-4,6,9-12,14-16H2,1H3,(H,25,31). The Balaban J connectivity index is 1.41. The van der Waals surface area contributed by atoms with E-state index in [1.807, 2.05) is 29.8 Å². The van der Waals surface area contributed by atoms with E-state index in [1.165, 1.54) is 19.3 Å². The molecule has 8 nitrogen and oxygen atoms in total. The second-order valence-electron chi connectivity index (χ2n) is 9.30. The molecule has 170 valence electrons. The van der Waals surface area contributed by atoms with Crippen LogP contribution in [0.25, 0.3) is 10.9 Å². The monoisotopic (exact) mass is 436 g/mol. The molecule has 1 atom stereocenters. The highest BCUT2D eigenvalue weighted by atomic mass is 16.5. The number of hydrogen-bond donors (Lipinski definition) is 1. The lowest BCUT2D eigenvalue weighted by molar-refractivity contribution is 0.0659. The number of para-hydroxylation sites is 1. The Morgan fingerprint density at radius 1 is 1.16 bits per heavy atom. The molecule has 8 heteroatoms. The number of nitrogens with one attached hydrogen (secondary N) is 1. The molecule has 3 heterocycles. The van der Waals surface area contributed by atoms with Crippen LogP contribution in [0.3, 0.4) is 0 Å². The van der Waals surface area contributed by atoms with E-state index in [1.54, 1.807) is 0 Å². The van der Waals surface area contributed by atoms with Crippen molar-refractivity contribution in [1.82, 2.24) is 30.1 Å². The Morgan fingerprint density at radius 3 is 2.84 bits per heavy atom. The van der Waals surface area contributed by atoms with Crippen molar-refractivity contribution in [2.24, 2.45) is 0 Å². The fourth-order valence-electron chi connectivity index (χ4n) is 5.17. The second-order valence-corrected chi connectivity index (χ2v) is 9.30. The summed E-state index contributed by atoms with van der Waals surface area (Å²) in [5, 5.41) is 13.7. The molecule has 0 spiro atoms. The van der Waals surface area contributed by atoms with Gasteiger partial charge in [-0.2, -0.15) is 0 Å². The van der Waals surface area contributed by atoms with Crippen molar-refractivity contribution in [3.63, 3.8) is 0 Å². The predicted octanol–water partition coefficient (Wildman–Crippen LogP) is 3.51. The molecule has 1 saturated heterocycles. The third kappa shape index (κ3) is 4.61. The van der Waals surface area contributed by atoms with Crippen LogP contribution in [0, 0.1) is 6.92 Å². The lowest BCUT2D eigenvalue weighted by Gasteiger charge is -2.27. The molecule has 1 aromatic carbocycles. The van der Waals surface area contributed by atoms with Crippen LogP contribution < -0.4 is 5.56 Å². The Hall–Kier alpha value is -2.58. The van der Waals surface area contributed by atoms with Crippen LogP contribution in [0.4, 0.5) is 0 Å². The lowest BCUT2D eigenvalue weighted by Crippen LogP contribution is -2.34. The largest absolute Gasteiger partial charge is 0.377 e. The summed E-state index contributed by atoms with van der Waals surface area (Å²) >= 11 is 0. The molecule has 1 unspecified atom stereocenters. The minimum Gasteiger partial charge on any atom is -0.377 e. The third-order valence-corrected chi connectivity index (χ3v) is 6.89. The molecule has 2 fully saturated rings. The van der Waals surface area contributed by atoms with E-state index in [9.17, 15) is 4.79 Å². The molecule has 3 aromatic rings. The molecule has 0 amide bonds. The zero-order valence-electron chi connectivity index (χ0n) is 18.8. The van der Waals surface area contributed by atoms with Gasteiger partial charge in [0.25, 0.3) is 5.56 Å². The minimum absolute atomic E-state index is 0.0315. The zero-order chi connectivity index (χ0) is 21.9. The first-order valence-electron chi connectivity index (χ1n) is 11.9. The van der Waals surface area contributed by atoms with Crippen LogP contribution in [-0.4, -0.2) is 49.3 Å². The number of rotatable bonds is 7. The van der Waals surface area contributed by atoms with Gasteiger partial charge < -0.3 is 9.72 Å². The van der Waals surface area contributed by atoms with E-state index in [0.717, 1.165) is 66.7 Å². The molecule has 1 N–H and O–H groups in total. The van der Waals surface area contributed by atoms with Crippen LogP contribution >= 0.6 is 0 Å². The Kier molecular flexibility index (Phi) is 6.32. The number of hydrogen-bond acceptors (Lipinski definition) is 6. The van der Waals surface area contributed by atoms with Crippen molar-refractivity contribution in [3.05, 3.63) is 51.6 Å². The number of benzene rings is 1. The highest BCUT2D eigenvalue weighted by Crippen LogP contribution is 2.28. The number of aromatic nitrogens is 5. The number of ether oxygens (including phenoxy) is 1. The first kappa shape index (κ1) is 21.3. The number of nitrogens with zero attached hydrogens (tertiary/aromatic N) is 5. The quantitative estimate of drug-likeness (QED) is 0.610. The minimum atomic E-state index is -0.0315. The maximum absolute atomic E-state index is 12.9. The zero-order valence-corrected chi connectivity index (χ0v) is 18.8. The van der Waals surface area contributed by atoms with Crippen molar-refractivity contribution in [3.8, 4) is 0 Å². The van der Waals surface area contributed by atoms with Gasteiger partial charge in [-0.3, -0.25) is 9.69 Å².